The van der Waals surface area contributed by atoms with Crippen LogP contribution in [0.2, 0.25) is 5.02 Å². The third-order valence-electron chi connectivity index (χ3n) is 5.57. The van der Waals surface area contributed by atoms with Crippen LogP contribution in [0, 0.1) is 0 Å². The van der Waals surface area contributed by atoms with Gasteiger partial charge in [-0.25, -0.2) is 9.97 Å². The zero-order chi connectivity index (χ0) is 20.3. The van der Waals surface area contributed by atoms with E-state index in [1.807, 2.05) is 48.5 Å². The molecule has 4 aromatic rings. The Kier molecular flexibility index (Phi) is 5.39. The molecule has 0 atom stereocenters. The number of hydrogen-bond donors (Lipinski definition) is 2. The molecule has 1 aliphatic heterocycles. The Bertz CT molecular complexity index is 1140. The molecule has 1 aliphatic rings. The molecule has 5 rings (SSSR count). The van der Waals surface area contributed by atoms with Crippen LogP contribution in [0.3, 0.4) is 0 Å². The molecule has 6 heteroatoms. The van der Waals surface area contributed by atoms with Gasteiger partial charge in [0.15, 0.2) is 5.65 Å². The first-order valence-electron chi connectivity index (χ1n) is 10.3. The lowest BCUT2D eigenvalue weighted by molar-refractivity contribution is 0.306. The summed E-state index contributed by atoms with van der Waals surface area (Å²) in [6.45, 7) is 2.57. The lowest BCUT2D eigenvalue weighted by atomic mass is 9.94. The Morgan fingerprint density at radius 1 is 0.967 bits per heavy atom. The van der Waals surface area contributed by atoms with Crippen molar-refractivity contribution in [2.24, 2.45) is 0 Å². The number of rotatable bonds is 5. The van der Waals surface area contributed by atoms with Crippen LogP contribution in [0.4, 0.5) is 0 Å². The van der Waals surface area contributed by atoms with Crippen LogP contribution in [0.5, 0.6) is 5.75 Å². The minimum absolute atomic E-state index is 0.442. The molecule has 5 nitrogen and oxygen atoms in total. The number of imidazole rings is 1. The quantitative estimate of drug-likeness (QED) is 0.460. The van der Waals surface area contributed by atoms with Gasteiger partial charge in [-0.2, -0.15) is 0 Å². The smallest absolute Gasteiger partial charge is 0.179 e. The zero-order valence-electron chi connectivity index (χ0n) is 16.6. The van der Waals surface area contributed by atoms with Gasteiger partial charge < -0.3 is 15.0 Å². The van der Waals surface area contributed by atoms with Crippen LogP contribution in [-0.2, 0) is 6.61 Å². The topological polar surface area (TPSA) is 62.8 Å². The summed E-state index contributed by atoms with van der Waals surface area (Å²) in [5, 5.41) is 4.07. The minimum atomic E-state index is 0.442. The molecule has 1 fully saturated rings. The molecule has 0 aliphatic carbocycles. The van der Waals surface area contributed by atoms with Crippen molar-refractivity contribution in [3.05, 3.63) is 76.9 Å². The molecule has 0 unspecified atom stereocenters. The summed E-state index contributed by atoms with van der Waals surface area (Å²) < 4.78 is 5.82. The van der Waals surface area contributed by atoms with Crippen LogP contribution < -0.4 is 10.1 Å². The maximum Gasteiger partial charge on any atom is 0.179 e. The van der Waals surface area contributed by atoms with Crippen molar-refractivity contribution in [1.82, 2.24) is 20.3 Å². The fourth-order valence-electron chi connectivity index (χ4n) is 3.87. The number of pyridine rings is 1. The second-order valence-corrected chi connectivity index (χ2v) is 8.04. The molecule has 0 saturated carbocycles. The first-order valence-corrected chi connectivity index (χ1v) is 10.7. The fourth-order valence-corrected chi connectivity index (χ4v) is 4.12. The first-order chi connectivity index (χ1) is 14.8. The number of nitrogens with one attached hydrogen (secondary N) is 2. The van der Waals surface area contributed by atoms with Crippen LogP contribution in [0.25, 0.3) is 22.6 Å². The second kappa shape index (κ2) is 8.46. The third kappa shape index (κ3) is 4.04. The lowest BCUT2D eigenvalue weighted by Gasteiger charge is -2.22. The van der Waals surface area contributed by atoms with Gasteiger partial charge in [0.25, 0.3) is 0 Å². The predicted molar refractivity (Wildman–Crippen MR) is 120 cm³/mol. The highest BCUT2D eigenvalue weighted by molar-refractivity contribution is 6.34. The predicted octanol–water partition coefficient (Wildman–Crippen LogP) is 5.32. The molecule has 152 valence electrons. The molecule has 2 aromatic carbocycles. The average molecular weight is 419 g/mol. The van der Waals surface area contributed by atoms with E-state index in [2.05, 4.69) is 22.4 Å². The number of para-hydroxylation sites is 1. The summed E-state index contributed by atoms with van der Waals surface area (Å²) in [5.41, 5.74) is 4.61. The van der Waals surface area contributed by atoms with Gasteiger partial charge in [-0.1, -0.05) is 54.1 Å². The number of aromatic amines is 1. The number of halogens is 1. The number of H-pyrrole nitrogens is 1. The van der Waals surface area contributed by atoms with Gasteiger partial charge in [-0.15, -0.1) is 0 Å². The highest BCUT2D eigenvalue weighted by Gasteiger charge is 2.19. The van der Waals surface area contributed by atoms with Gasteiger partial charge in [-0.05, 0) is 49.7 Å². The fraction of sp³-hybridized carbons (Fsp3) is 0.250. The SMILES string of the molecule is Clc1cc(C2CCNCC2)nc2nc(-c3ccc(COc4ccccc4)cc3)[nH]c12. The molecule has 0 spiro atoms. The number of nitrogens with zero attached hydrogens (tertiary/aromatic N) is 2. The highest BCUT2D eigenvalue weighted by atomic mass is 35.5. The van der Waals surface area contributed by atoms with Crippen LogP contribution in [-0.4, -0.2) is 28.0 Å². The van der Waals surface area contributed by atoms with E-state index in [0.29, 0.717) is 23.2 Å². The van der Waals surface area contributed by atoms with E-state index in [4.69, 9.17) is 26.3 Å². The monoisotopic (exact) mass is 418 g/mol. The van der Waals surface area contributed by atoms with Gasteiger partial charge in [0, 0.05) is 17.2 Å². The first kappa shape index (κ1) is 19.1. The van der Waals surface area contributed by atoms with Gasteiger partial charge in [0.05, 0.1) is 5.02 Å². The molecule has 3 heterocycles. The Morgan fingerprint density at radius 2 is 1.73 bits per heavy atom. The van der Waals surface area contributed by atoms with E-state index in [9.17, 15) is 0 Å². The molecule has 0 bridgehead atoms. The summed E-state index contributed by atoms with van der Waals surface area (Å²) >= 11 is 6.56. The maximum atomic E-state index is 6.56. The maximum absolute atomic E-state index is 6.56. The van der Waals surface area contributed by atoms with E-state index < -0.39 is 0 Å². The normalized spacial score (nSPS) is 14.8. The van der Waals surface area contributed by atoms with Crippen LogP contribution in [0.15, 0.2) is 60.7 Å². The molecular formula is C24H23ClN4O. The zero-order valence-corrected chi connectivity index (χ0v) is 17.3. The van der Waals surface area contributed by atoms with E-state index in [-0.39, 0.29) is 0 Å². The molecule has 1 saturated heterocycles. The average Bonchev–Trinajstić information content (AvgIpc) is 3.24. The van der Waals surface area contributed by atoms with E-state index in [1.165, 1.54) is 0 Å². The number of ether oxygens (including phenoxy) is 1. The summed E-state index contributed by atoms with van der Waals surface area (Å²) in [5.74, 6) is 2.08. The number of fused-ring (bicyclic) bond motifs is 1. The van der Waals surface area contributed by atoms with Gasteiger partial charge in [-0.3, -0.25) is 0 Å². The minimum Gasteiger partial charge on any atom is -0.489 e. The molecule has 30 heavy (non-hydrogen) atoms. The Labute approximate surface area is 180 Å². The van der Waals surface area contributed by atoms with Gasteiger partial charge >= 0.3 is 0 Å². The van der Waals surface area contributed by atoms with Crippen LogP contribution >= 0.6 is 11.6 Å². The van der Waals surface area contributed by atoms with Crippen molar-refractivity contribution in [3.63, 3.8) is 0 Å². The Morgan fingerprint density at radius 3 is 2.50 bits per heavy atom. The van der Waals surface area contributed by atoms with E-state index >= 15 is 0 Å². The van der Waals surface area contributed by atoms with Gasteiger partial charge in [0.2, 0.25) is 0 Å². The largest absolute Gasteiger partial charge is 0.489 e. The van der Waals surface area contributed by atoms with E-state index in [1.54, 1.807) is 0 Å². The molecular weight excluding hydrogens is 396 g/mol. The lowest BCUT2D eigenvalue weighted by Crippen LogP contribution is -2.27. The Hall–Kier alpha value is -2.89. The standard InChI is InChI=1S/C24H23ClN4O/c25-20-14-21(17-10-12-26-13-11-17)27-24-22(20)28-23(29-24)18-8-6-16(7-9-18)15-30-19-4-2-1-3-5-19/h1-9,14,17,26H,10-13,15H2,(H,27,28,29). The highest BCUT2D eigenvalue weighted by Crippen LogP contribution is 2.31. The van der Waals surface area contributed by atoms with Gasteiger partial charge in [0.1, 0.15) is 23.7 Å². The summed E-state index contributed by atoms with van der Waals surface area (Å²) in [4.78, 5) is 12.9. The van der Waals surface area contributed by atoms with Crippen molar-refractivity contribution < 1.29 is 4.74 Å². The Balaban J connectivity index is 1.35. The summed E-state index contributed by atoms with van der Waals surface area (Å²) in [6, 6.07) is 20.0. The third-order valence-corrected chi connectivity index (χ3v) is 5.86. The van der Waals surface area contributed by atoms with Crippen LogP contribution in [0.1, 0.15) is 30.0 Å². The van der Waals surface area contributed by atoms with E-state index in [0.717, 1.165) is 59.8 Å². The van der Waals surface area contributed by atoms with Crippen molar-refractivity contribution in [2.45, 2.75) is 25.4 Å². The summed E-state index contributed by atoms with van der Waals surface area (Å²) in [7, 11) is 0. The number of aromatic nitrogens is 3. The van der Waals surface area contributed by atoms with Crippen molar-refractivity contribution in [3.8, 4) is 17.1 Å². The number of benzene rings is 2. The molecule has 2 N–H and O–H groups in total. The molecule has 0 radical (unpaired) electrons. The summed E-state index contributed by atoms with van der Waals surface area (Å²) in [6.07, 6.45) is 2.16. The van der Waals surface area contributed by atoms with Crippen molar-refractivity contribution in [1.29, 1.82) is 0 Å². The number of hydrogen-bond acceptors (Lipinski definition) is 4. The van der Waals surface area contributed by atoms with Crippen molar-refractivity contribution in [2.75, 3.05) is 13.1 Å². The molecule has 2 aromatic heterocycles. The van der Waals surface area contributed by atoms with Crippen molar-refractivity contribution >= 4 is 22.8 Å². The second-order valence-electron chi connectivity index (χ2n) is 7.64. The molecule has 0 amide bonds. The number of piperidine rings is 1.